The Morgan fingerprint density at radius 2 is 1.88 bits per heavy atom. The van der Waals surface area contributed by atoms with E-state index in [-0.39, 0.29) is 22.2 Å². The Kier molecular flexibility index (Phi) is 5.81. The van der Waals surface area contributed by atoms with Crippen molar-refractivity contribution >= 4 is 27.4 Å². The smallest absolute Gasteiger partial charge is 0.339 e. The third-order valence-electron chi connectivity index (χ3n) is 3.29. The van der Waals surface area contributed by atoms with Gasteiger partial charge in [-0.3, -0.25) is 4.79 Å². The summed E-state index contributed by atoms with van der Waals surface area (Å²) in [6.07, 6.45) is 2.10. The quantitative estimate of drug-likeness (QED) is 0.591. The molecule has 0 aliphatic heterocycles. The van der Waals surface area contributed by atoms with Crippen LogP contribution in [0, 0.1) is 0 Å². The fourth-order valence-corrected chi connectivity index (χ4v) is 2.97. The maximum Gasteiger partial charge on any atom is 0.339 e. The first-order valence-corrected chi connectivity index (χ1v) is 9.02. The number of carbonyl (C=O) groups excluding carboxylic acids is 1. The minimum absolute atomic E-state index is 0.0212. The van der Waals surface area contributed by atoms with Gasteiger partial charge in [-0.25, -0.2) is 0 Å². The number of benzene rings is 2. The number of nitrogens with one attached hydrogen (secondary N) is 1. The lowest BCUT2D eigenvalue weighted by Gasteiger charge is -2.11. The predicted octanol–water partition coefficient (Wildman–Crippen LogP) is 3.17. The third kappa shape index (κ3) is 4.73. The topological polar surface area (TPSA) is 98.5 Å². The SMILES string of the molecule is CCCCC(=O)Nc1ccc(N)c(OS(=O)(=O)c2ccccc2)c1. The molecule has 2 aromatic carbocycles. The van der Waals surface area contributed by atoms with Gasteiger partial charge in [-0.05, 0) is 30.7 Å². The van der Waals surface area contributed by atoms with Gasteiger partial charge in [0.05, 0.1) is 5.69 Å². The summed E-state index contributed by atoms with van der Waals surface area (Å²) in [7, 11) is -3.99. The van der Waals surface area contributed by atoms with E-state index in [1.165, 1.54) is 24.3 Å². The zero-order chi connectivity index (χ0) is 17.6. The zero-order valence-corrected chi connectivity index (χ0v) is 14.2. The molecule has 24 heavy (non-hydrogen) atoms. The molecule has 0 aliphatic carbocycles. The van der Waals surface area contributed by atoms with Crippen molar-refractivity contribution in [1.82, 2.24) is 0 Å². The van der Waals surface area contributed by atoms with Gasteiger partial charge < -0.3 is 15.2 Å². The maximum absolute atomic E-state index is 12.3. The fraction of sp³-hybridized carbons (Fsp3) is 0.235. The van der Waals surface area contributed by atoms with Crippen molar-refractivity contribution in [3.63, 3.8) is 0 Å². The van der Waals surface area contributed by atoms with Crippen LogP contribution in [0.15, 0.2) is 53.4 Å². The Morgan fingerprint density at radius 1 is 1.17 bits per heavy atom. The molecule has 7 heteroatoms. The van der Waals surface area contributed by atoms with Crippen LogP contribution in [0.2, 0.25) is 0 Å². The Labute approximate surface area is 141 Å². The summed E-state index contributed by atoms with van der Waals surface area (Å²) in [6.45, 7) is 2.00. The molecule has 0 unspecified atom stereocenters. The van der Waals surface area contributed by atoms with Crippen LogP contribution in [0.1, 0.15) is 26.2 Å². The standard InChI is InChI=1S/C17H20N2O4S/c1-2-3-9-17(20)19-13-10-11-15(18)16(12-13)23-24(21,22)14-7-5-4-6-8-14/h4-8,10-12H,2-3,9,18H2,1H3,(H,19,20). The lowest BCUT2D eigenvalue weighted by atomic mass is 10.2. The van der Waals surface area contributed by atoms with Crippen LogP contribution < -0.4 is 15.2 Å². The highest BCUT2D eigenvalue weighted by molar-refractivity contribution is 7.87. The molecular formula is C17H20N2O4S. The van der Waals surface area contributed by atoms with Gasteiger partial charge in [0.25, 0.3) is 0 Å². The number of carbonyl (C=O) groups is 1. The number of amides is 1. The molecule has 2 rings (SSSR count). The van der Waals surface area contributed by atoms with Crippen LogP contribution in [-0.2, 0) is 14.9 Å². The monoisotopic (exact) mass is 348 g/mol. The van der Waals surface area contributed by atoms with Gasteiger partial charge in [0.1, 0.15) is 4.90 Å². The second kappa shape index (κ2) is 7.83. The predicted molar refractivity (Wildman–Crippen MR) is 93.3 cm³/mol. The van der Waals surface area contributed by atoms with Crippen LogP contribution in [0.3, 0.4) is 0 Å². The van der Waals surface area contributed by atoms with E-state index in [0.29, 0.717) is 12.1 Å². The van der Waals surface area contributed by atoms with Gasteiger partial charge >= 0.3 is 10.1 Å². The summed E-state index contributed by atoms with van der Waals surface area (Å²) >= 11 is 0. The highest BCUT2D eigenvalue weighted by Crippen LogP contribution is 2.28. The summed E-state index contributed by atoms with van der Waals surface area (Å²) in [4.78, 5) is 11.8. The summed E-state index contributed by atoms with van der Waals surface area (Å²) in [5, 5.41) is 2.70. The van der Waals surface area contributed by atoms with Crippen molar-refractivity contribution in [2.24, 2.45) is 0 Å². The van der Waals surface area contributed by atoms with E-state index in [0.717, 1.165) is 12.8 Å². The van der Waals surface area contributed by atoms with E-state index in [9.17, 15) is 13.2 Å². The van der Waals surface area contributed by atoms with Crippen molar-refractivity contribution in [1.29, 1.82) is 0 Å². The van der Waals surface area contributed by atoms with Gasteiger partial charge in [0.2, 0.25) is 5.91 Å². The molecule has 2 aromatic rings. The van der Waals surface area contributed by atoms with Gasteiger partial charge in [0.15, 0.2) is 5.75 Å². The number of hydrogen-bond acceptors (Lipinski definition) is 5. The Morgan fingerprint density at radius 3 is 2.54 bits per heavy atom. The van der Waals surface area contributed by atoms with Crippen molar-refractivity contribution in [3.8, 4) is 5.75 Å². The first-order chi connectivity index (χ1) is 11.4. The summed E-state index contributed by atoms with van der Waals surface area (Å²) in [5.41, 5.74) is 6.39. The minimum Gasteiger partial charge on any atom is -0.396 e. The highest BCUT2D eigenvalue weighted by Gasteiger charge is 2.18. The first-order valence-electron chi connectivity index (χ1n) is 7.61. The normalized spacial score (nSPS) is 11.0. The lowest BCUT2D eigenvalue weighted by Crippen LogP contribution is -2.13. The molecular weight excluding hydrogens is 328 g/mol. The van der Waals surface area contributed by atoms with Crippen LogP contribution in [0.5, 0.6) is 5.75 Å². The lowest BCUT2D eigenvalue weighted by molar-refractivity contribution is -0.116. The molecule has 0 bridgehead atoms. The Hall–Kier alpha value is -2.54. The van der Waals surface area contributed by atoms with Crippen LogP contribution in [0.25, 0.3) is 0 Å². The van der Waals surface area contributed by atoms with Crippen molar-refractivity contribution in [2.75, 3.05) is 11.1 Å². The summed E-state index contributed by atoms with van der Waals surface area (Å²) < 4.78 is 29.6. The molecule has 0 aliphatic rings. The second-order valence-electron chi connectivity index (χ2n) is 5.25. The average Bonchev–Trinajstić information content (AvgIpc) is 2.56. The molecule has 0 saturated heterocycles. The summed E-state index contributed by atoms with van der Waals surface area (Å²) in [6, 6.07) is 12.3. The van der Waals surface area contributed by atoms with Gasteiger partial charge in [-0.2, -0.15) is 8.42 Å². The largest absolute Gasteiger partial charge is 0.396 e. The van der Waals surface area contributed by atoms with E-state index >= 15 is 0 Å². The summed E-state index contributed by atoms with van der Waals surface area (Å²) in [5.74, 6) is -0.161. The Bertz CT molecular complexity index is 805. The average molecular weight is 348 g/mol. The number of nitrogen functional groups attached to an aromatic ring is 1. The van der Waals surface area contributed by atoms with Crippen molar-refractivity contribution in [2.45, 2.75) is 31.1 Å². The molecule has 0 saturated carbocycles. The molecule has 1 amide bonds. The van der Waals surface area contributed by atoms with E-state index in [1.807, 2.05) is 6.92 Å². The molecule has 3 N–H and O–H groups in total. The molecule has 6 nitrogen and oxygen atoms in total. The first kappa shape index (κ1) is 17.8. The van der Waals surface area contributed by atoms with Crippen molar-refractivity contribution < 1.29 is 17.4 Å². The molecule has 0 aromatic heterocycles. The highest BCUT2D eigenvalue weighted by atomic mass is 32.2. The van der Waals surface area contributed by atoms with E-state index in [1.54, 1.807) is 24.3 Å². The third-order valence-corrected chi connectivity index (χ3v) is 4.53. The Balaban J connectivity index is 2.18. The molecule has 0 heterocycles. The maximum atomic E-state index is 12.3. The minimum atomic E-state index is -3.99. The fourth-order valence-electron chi connectivity index (χ4n) is 2.00. The van der Waals surface area contributed by atoms with E-state index in [4.69, 9.17) is 9.92 Å². The number of unbranched alkanes of at least 4 members (excludes halogenated alkanes) is 1. The number of nitrogens with two attached hydrogens (primary N) is 1. The molecule has 0 atom stereocenters. The molecule has 128 valence electrons. The molecule has 0 radical (unpaired) electrons. The second-order valence-corrected chi connectivity index (χ2v) is 6.80. The number of anilines is 2. The molecule has 0 spiro atoms. The van der Waals surface area contributed by atoms with E-state index in [2.05, 4.69) is 5.32 Å². The van der Waals surface area contributed by atoms with E-state index < -0.39 is 10.1 Å². The van der Waals surface area contributed by atoms with Crippen LogP contribution >= 0.6 is 0 Å². The van der Waals surface area contributed by atoms with Crippen molar-refractivity contribution in [3.05, 3.63) is 48.5 Å². The number of rotatable bonds is 7. The van der Waals surface area contributed by atoms with Crippen LogP contribution in [-0.4, -0.2) is 14.3 Å². The van der Waals surface area contributed by atoms with Gasteiger partial charge in [0, 0.05) is 18.2 Å². The van der Waals surface area contributed by atoms with Gasteiger partial charge in [-0.15, -0.1) is 0 Å². The zero-order valence-electron chi connectivity index (χ0n) is 13.4. The van der Waals surface area contributed by atoms with Gasteiger partial charge in [-0.1, -0.05) is 31.5 Å². The number of hydrogen-bond donors (Lipinski definition) is 2. The molecule has 0 fully saturated rings. The van der Waals surface area contributed by atoms with Crippen LogP contribution in [0.4, 0.5) is 11.4 Å².